The number of rotatable bonds is 7. The summed E-state index contributed by atoms with van der Waals surface area (Å²) in [5.74, 6) is 0.340. The van der Waals surface area contributed by atoms with Crippen LogP contribution in [-0.4, -0.2) is 44.9 Å². The van der Waals surface area contributed by atoms with Gasteiger partial charge in [-0.2, -0.15) is 4.31 Å². The number of morpholine rings is 1. The van der Waals surface area contributed by atoms with Gasteiger partial charge in [0.05, 0.1) is 24.2 Å². The van der Waals surface area contributed by atoms with Gasteiger partial charge in [0, 0.05) is 19.2 Å². The molecular weight excluding hydrogens is 412 g/mol. The Kier molecular flexibility index (Phi) is 6.55. The summed E-state index contributed by atoms with van der Waals surface area (Å²) in [7, 11) is -3.51. The van der Waals surface area contributed by atoms with E-state index in [0.717, 1.165) is 24.0 Å². The summed E-state index contributed by atoms with van der Waals surface area (Å²) in [5.41, 5.74) is 3.10. The first-order valence-electron chi connectivity index (χ1n) is 10.7. The van der Waals surface area contributed by atoms with E-state index in [1.807, 2.05) is 0 Å². The molecule has 31 heavy (non-hydrogen) atoms. The third-order valence-corrected chi connectivity index (χ3v) is 7.66. The van der Waals surface area contributed by atoms with Crippen molar-refractivity contribution < 1.29 is 17.9 Å². The molecule has 1 saturated carbocycles. The van der Waals surface area contributed by atoms with Crippen LogP contribution in [0, 0.1) is 12.8 Å². The van der Waals surface area contributed by atoms with E-state index in [1.165, 1.54) is 15.9 Å². The van der Waals surface area contributed by atoms with Gasteiger partial charge in [-0.25, -0.2) is 8.42 Å². The van der Waals surface area contributed by atoms with E-state index in [4.69, 9.17) is 4.74 Å². The summed E-state index contributed by atoms with van der Waals surface area (Å²) < 4.78 is 32.1. The zero-order valence-electron chi connectivity index (χ0n) is 17.7. The predicted octanol–water partition coefficient (Wildman–Crippen LogP) is 3.30. The fourth-order valence-electron chi connectivity index (χ4n) is 3.74. The highest BCUT2D eigenvalue weighted by Crippen LogP contribution is 2.41. The zero-order chi connectivity index (χ0) is 21.8. The predicted molar refractivity (Wildman–Crippen MR) is 120 cm³/mol. The van der Waals surface area contributed by atoms with Crippen molar-refractivity contribution in [1.82, 2.24) is 9.62 Å². The Hall–Kier alpha value is -2.48. The molecule has 1 amide bonds. The molecule has 2 aromatic rings. The molecule has 1 aliphatic carbocycles. The summed E-state index contributed by atoms with van der Waals surface area (Å²) in [6, 6.07) is 14.9. The molecule has 1 aliphatic heterocycles. The maximum atomic E-state index is 12.7. The van der Waals surface area contributed by atoms with Crippen molar-refractivity contribution in [1.29, 1.82) is 0 Å². The molecule has 0 radical (unpaired) electrons. The highest BCUT2D eigenvalue weighted by molar-refractivity contribution is 7.89. The molecule has 0 spiro atoms. The molecule has 0 bridgehead atoms. The number of carbonyl (C=O) groups is 1. The van der Waals surface area contributed by atoms with Gasteiger partial charge in [0.1, 0.15) is 0 Å². The van der Waals surface area contributed by atoms with Crippen molar-refractivity contribution in [3.05, 3.63) is 71.3 Å². The summed E-state index contributed by atoms with van der Waals surface area (Å²) in [5, 5.41) is 3.12. The van der Waals surface area contributed by atoms with Crippen molar-refractivity contribution in [3.63, 3.8) is 0 Å². The summed E-state index contributed by atoms with van der Waals surface area (Å²) in [4.78, 5) is 12.8. The van der Waals surface area contributed by atoms with Crippen molar-refractivity contribution in [3.8, 4) is 0 Å². The molecule has 1 atom stereocenters. The molecule has 4 rings (SSSR count). The van der Waals surface area contributed by atoms with Crippen LogP contribution >= 0.6 is 0 Å². The van der Waals surface area contributed by atoms with Crippen LogP contribution in [0.1, 0.15) is 35.6 Å². The Bertz CT molecular complexity index is 1040. The molecule has 2 aliphatic rings. The second kappa shape index (κ2) is 9.34. The van der Waals surface area contributed by atoms with E-state index in [0.29, 0.717) is 32.2 Å². The molecule has 2 aromatic carbocycles. The van der Waals surface area contributed by atoms with Gasteiger partial charge in [-0.1, -0.05) is 42.0 Å². The Morgan fingerprint density at radius 3 is 2.32 bits per heavy atom. The molecule has 1 heterocycles. The number of hydrogen-bond acceptors (Lipinski definition) is 4. The number of nitrogens with one attached hydrogen (secondary N) is 1. The molecule has 164 valence electrons. The van der Waals surface area contributed by atoms with Gasteiger partial charge in [-0.05, 0) is 55.0 Å². The van der Waals surface area contributed by atoms with E-state index < -0.39 is 10.0 Å². The van der Waals surface area contributed by atoms with Gasteiger partial charge in [0.2, 0.25) is 15.9 Å². The van der Waals surface area contributed by atoms with Crippen LogP contribution < -0.4 is 5.32 Å². The van der Waals surface area contributed by atoms with E-state index in [2.05, 4.69) is 36.5 Å². The van der Waals surface area contributed by atoms with E-state index in [-0.39, 0.29) is 16.8 Å². The number of amides is 1. The highest BCUT2D eigenvalue weighted by Gasteiger charge is 2.33. The van der Waals surface area contributed by atoms with Crippen LogP contribution in [0.15, 0.2) is 59.5 Å². The molecular formula is C24H28N2O4S. The number of aryl methyl sites for hydroxylation is 1. The van der Waals surface area contributed by atoms with Gasteiger partial charge in [-0.3, -0.25) is 4.79 Å². The quantitative estimate of drug-likeness (QED) is 0.671. The van der Waals surface area contributed by atoms with Crippen LogP contribution in [0.3, 0.4) is 0 Å². The Balaban J connectivity index is 1.39. The van der Waals surface area contributed by atoms with Crippen molar-refractivity contribution in [2.45, 2.75) is 30.7 Å². The minimum atomic E-state index is -3.51. The first-order chi connectivity index (χ1) is 14.9. The maximum absolute atomic E-state index is 12.7. The van der Waals surface area contributed by atoms with Gasteiger partial charge >= 0.3 is 0 Å². The number of carbonyl (C=O) groups excluding carboxylic acids is 1. The number of benzene rings is 2. The van der Waals surface area contributed by atoms with Crippen LogP contribution in [-0.2, 0) is 19.6 Å². The molecule has 2 fully saturated rings. The molecule has 1 saturated heterocycles. The van der Waals surface area contributed by atoms with Crippen LogP contribution in [0.4, 0.5) is 0 Å². The lowest BCUT2D eigenvalue weighted by Gasteiger charge is -2.26. The second-order valence-corrected chi connectivity index (χ2v) is 10.1. The SMILES string of the molecule is Cc1ccc(C(NC(=O)/C=C/c2ccc(S(=O)(=O)N3CCOCC3)cc2)C2CC2)cc1. The normalized spacial score (nSPS) is 18.7. The third kappa shape index (κ3) is 5.42. The van der Waals surface area contributed by atoms with E-state index in [9.17, 15) is 13.2 Å². The van der Waals surface area contributed by atoms with Crippen LogP contribution in [0.2, 0.25) is 0 Å². The number of nitrogens with zero attached hydrogens (tertiary/aromatic N) is 1. The smallest absolute Gasteiger partial charge is 0.244 e. The van der Waals surface area contributed by atoms with Gasteiger partial charge < -0.3 is 10.1 Å². The molecule has 7 heteroatoms. The highest BCUT2D eigenvalue weighted by atomic mass is 32.2. The molecule has 0 aromatic heterocycles. The monoisotopic (exact) mass is 440 g/mol. The van der Waals surface area contributed by atoms with E-state index in [1.54, 1.807) is 30.3 Å². The average Bonchev–Trinajstić information content (AvgIpc) is 3.63. The van der Waals surface area contributed by atoms with E-state index >= 15 is 0 Å². The minimum Gasteiger partial charge on any atom is -0.379 e. The van der Waals surface area contributed by atoms with Crippen molar-refractivity contribution in [2.75, 3.05) is 26.3 Å². The van der Waals surface area contributed by atoms with Gasteiger partial charge in [0.25, 0.3) is 0 Å². The van der Waals surface area contributed by atoms with Gasteiger partial charge in [0.15, 0.2) is 0 Å². The van der Waals surface area contributed by atoms with Gasteiger partial charge in [-0.15, -0.1) is 0 Å². The van der Waals surface area contributed by atoms with Crippen molar-refractivity contribution >= 4 is 22.0 Å². The summed E-state index contributed by atoms with van der Waals surface area (Å²) in [6.45, 7) is 3.62. The zero-order valence-corrected chi connectivity index (χ0v) is 18.5. The topological polar surface area (TPSA) is 75.7 Å². The molecule has 1 unspecified atom stereocenters. The lowest BCUT2D eigenvalue weighted by molar-refractivity contribution is -0.117. The summed E-state index contributed by atoms with van der Waals surface area (Å²) >= 11 is 0. The number of ether oxygens (including phenoxy) is 1. The Labute approximate surface area is 184 Å². The van der Waals surface area contributed by atoms with Crippen molar-refractivity contribution in [2.24, 2.45) is 5.92 Å². The number of hydrogen-bond donors (Lipinski definition) is 1. The average molecular weight is 441 g/mol. The van der Waals surface area contributed by atoms with Crippen LogP contribution in [0.25, 0.3) is 6.08 Å². The fraction of sp³-hybridized carbons (Fsp3) is 0.375. The maximum Gasteiger partial charge on any atom is 0.244 e. The fourth-order valence-corrected chi connectivity index (χ4v) is 5.14. The third-order valence-electron chi connectivity index (χ3n) is 5.74. The summed E-state index contributed by atoms with van der Waals surface area (Å²) in [6.07, 6.45) is 5.47. The second-order valence-electron chi connectivity index (χ2n) is 8.15. The molecule has 6 nitrogen and oxygen atoms in total. The van der Waals surface area contributed by atoms with Crippen LogP contribution in [0.5, 0.6) is 0 Å². The lowest BCUT2D eigenvalue weighted by Crippen LogP contribution is -2.40. The Morgan fingerprint density at radius 2 is 1.71 bits per heavy atom. The lowest BCUT2D eigenvalue weighted by atomic mass is 10.0. The minimum absolute atomic E-state index is 0.0267. The molecule has 1 N–H and O–H groups in total. The Morgan fingerprint density at radius 1 is 1.06 bits per heavy atom. The largest absolute Gasteiger partial charge is 0.379 e. The standard InChI is InChI=1S/C24H28N2O4S/c1-18-2-7-20(8-3-18)24(21-9-10-21)25-23(27)13-6-19-4-11-22(12-5-19)31(28,29)26-14-16-30-17-15-26/h2-8,11-13,21,24H,9-10,14-17H2,1H3,(H,25,27)/b13-6+. The first-order valence-corrected chi connectivity index (χ1v) is 12.1. The first kappa shape index (κ1) is 21.7. The number of sulfonamides is 1.